The molecular formula is C10H18O5. The summed E-state index contributed by atoms with van der Waals surface area (Å²) < 4.78 is 9.67. The van der Waals surface area contributed by atoms with Gasteiger partial charge in [0.2, 0.25) is 0 Å². The Balaban J connectivity index is 3.95. The van der Waals surface area contributed by atoms with Gasteiger partial charge in [-0.25, -0.2) is 0 Å². The van der Waals surface area contributed by atoms with Crippen molar-refractivity contribution in [3.63, 3.8) is 0 Å². The van der Waals surface area contributed by atoms with Crippen LogP contribution in [0.2, 0.25) is 0 Å². The van der Waals surface area contributed by atoms with Gasteiger partial charge in [-0.05, 0) is 13.3 Å². The molecule has 1 N–H and O–H groups in total. The molecule has 0 saturated carbocycles. The number of ether oxygens (including phenoxy) is 2. The van der Waals surface area contributed by atoms with Gasteiger partial charge in [0.05, 0.1) is 19.1 Å². The van der Waals surface area contributed by atoms with E-state index >= 15 is 0 Å². The van der Waals surface area contributed by atoms with Crippen LogP contribution in [0.4, 0.5) is 0 Å². The SMILES string of the molecule is CCC(C)OC(=O)CC(CO)OC(C)=O. The molecule has 0 bridgehead atoms. The highest BCUT2D eigenvalue weighted by Crippen LogP contribution is 2.04. The number of aliphatic hydroxyl groups is 1. The van der Waals surface area contributed by atoms with E-state index in [0.29, 0.717) is 0 Å². The fourth-order valence-electron chi connectivity index (χ4n) is 0.920. The topological polar surface area (TPSA) is 72.8 Å². The Bertz CT molecular complexity index is 214. The molecule has 15 heavy (non-hydrogen) atoms. The van der Waals surface area contributed by atoms with E-state index in [4.69, 9.17) is 14.6 Å². The van der Waals surface area contributed by atoms with Crippen LogP contribution in [0.3, 0.4) is 0 Å². The quantitative estimate of drug-likeness (QED) is 0.662. The second-order valence-electron chi connectivity index (χ2n) is 3.33. The van der Waals surface area contributed by atoms with Gasteiger partial charge in [0, 0.05) is 6.92 Å². The fraction of sp³-hybridized carbons (Fsp3) is 0.800. The molecule has 0 radical (unpaired) electrons. The Morgan fingerprint density at radius 1 is 1.33 bits per heavy atom. The Hall–Kier alpha value is -1.10. The van der Waals surface area contributed by atoms with Crippen LogP contribution in [0.5, 0.6) is 0 Å². The van der Waals surface area contributed by atoms with Gasteiger partial charge in [-0.1, -0.05) is 6.92 Å². The molecule has 2 unspecified atom stereocenters. The number of hydrogen-bond donors (Lipinski definition) is 1. The molecule has 0 saturated heterocycles. The van der Waals surface area contributed by atoms with Crippen molar-refractivity contribution in [2.24, 2.45) is 0 Å². The van der Waals surface area contributed by atoms with E-state index in [9.17, 15) is 9.59 Å². The molecular weight excluding hydrogens is 200 g/mol. The van der Waals surface area contributed by atoms with Crippen molar-refractivity contribution < 1.29 is 24.2 Å². The summed E-state index contributed by atoms with van der Waals surface area (Å²) in [5, 5.41) is 8.83. The molecule has 0 aromatic carbocycles. The zero-order valence-electron chi connectivity index (χ0n) is 9.36. The van der Waals surface area contributed by atoms with Crippen LogP contribution in [-0.4, -0.2) is 35.9 Å². The summed E-state index contributed by atoms with van der Waals surface area (Å²) in [5.74, 6) is -0.991. The van der Waals surface area contributed by atoms with Crippen molar-refractivity contribution in [1.82, 2.24) is 0 Å². The summed E-state index contributed by atoms with van der Waals surface area (Å²) in [5.41, 5.74) is 0. The first kappa shape index (κ1) is 13.9. The molecule has 0 aliphatic heterocycles. The summed E-state index contributed by atoms with van der Waals surface area (Å²) >= 11 is 0. The maximum Gasteiger partial charge on any atom is 0.309 e. The molecule has 0 rings (SSSR count). The molecule has 5 heteroatoms. The van der Waals surface area contributed by atoms with Gasteiger partial charge in [-0.2, -0.15) is 0 Å². The van der Waals surface area contributed by atoms with Crippen LogP contribution < -0.4 is 0 Å². The molecule has 2 atom stereocenters. The largest absolute Gasteiger partial charge is 0.463 e. The number of rotatable bonds is 6. The molecule has 0 aliphatic rings. The lowest BCUT2D eigenvalue weighted by Gasteiger charge is -2.15. The molecule has 0 amide bonds. The first-order valence-corrected chi connectivity index (χ1v) is 4.97. The van der Waals surface area contributed by atoms with E-state index in [-0.39, 0.29) is 19.1 Å². The number of esters is 2. The highest BCUT2D eigenvalue weighted by Gasteiger charge is 2.18. The predicted molar refractivity (Wildman–Crippen MR) is 53.1 cm³/mol. The van der Waals surface area contributed by atoms with Gasteiger partial charge in [0.15, 0.2) is 0 Å². The van der Waals surface area contributed by atoms with Crippen LogP contribution in [0.25, 0.3) is 0 Å². The average molecular weight is 218 g/mol. The van der Waals surface area contributed by atoms with E-state index < -0.39 is 18.0 Å². The average Bonchev–Trinajstić information content (AvgIpc) is 2.15. The van der Waals surface area contributed by atoms with Crippen LogP contribution in [0.15, 0.2) is 0 Å². The summed E-state index contributed by atoms with van der Waals surface area (Å²) in [7, 11) is 0. The Kier molecular flexibility index (Phi) is 6.70. The van der Waals surface area contributed by atoms with Gasteiger partial charge in [0.25, 0.3) is 0 Å². The first-order valence-electron chi connectivity index (χ1n) is 4.97. The molecule has 0 fully saturated rings. The second kappa shape index (κ2) is 7.23. The van der Waals surface area contributed by atoms with Gasteiger partial charge >= 0.3 is 11.9 Å². The summed E-state index contributed by atoms with van der Waals surface area (Å²) in [6.45, 7) is 4.52. The highest BCUT2D eigenvalue weighted by atomic mass is 16.6. The van der Waals surface area contributed by atoms with Crippen molar-refractivity contribution in [3.8, 4) is 0 Å². The molecule has 88 valence electrons. The van der Waals surface area contributed by atoms with Crippen molar-refractivity contribution in [2.45, 2.75) is 45.8 Å². The van der Waals surface area contributed by atoms with Gasteiger partial charge < -0.3 is 14.6 Å². The number of carbonyl (C=O) groups excluding carboxylic acids is 2. The van der Waals surface area contributed by atoms with E-state index in [1.807, 2.05) is 6.92 Å². The normalized spacial score (nSPS) is 14.1. The zero-order valence-corrected chi connectivity index (χ0v) is 9.36. The first-order chi connectivity index (χ1) is 6.99. The third-order valence-electron chi connectivity index (χ3n) is 1.84. The Morgan fingerprint density at radius 2 is 1.93 bits per heavy atom. The van der Waals surface area contributed by atoms with Crippen LogP contribution in [0, 0.1) is 0 Å². The van der Waals surface area contributed by atoms with E-state index in [1.165, 1.54) is 6.92 Å². The Morgan fingerprint density at radius 3 is 2.33 bits per heavy atom. The molecule has 5 nitrogen and oxygen atoms in total. The third kappa shape index (κ3) is 6.90. The molecule has 0 aromatic rings. The van der Waals surface area contributed by atoms with Crippen molar-refractivity contribution in [3.05, 3.63) is 0 Å². The third-order valence-corrected chi connectivity index (χ3v) is 1.84. The molecule has 0 heterocycles. The fourth-order valence-corrected chi connectivity index (χ4v) is 0.920. The zero-order chi connectivity index (χ0) is 11.8. The van der Waals surface area contributed by atoms with Crippen LogP contribution in [-0.2, 0) is 19.1 Å². The minimum atomic E-state index is -0.806. The second-order valence-corrected chi connectivity index (χ2v) is 3.33. The summed E-state index contributed by atoms with van der Waals surface area (Å²) in [4.78, 5) is 21.8. The van der Waals surface area contributed by atoms with Crippen molar-refractivity contribution in [1.29, 1.82) is 0 Å². The van der Waals surface area contributed by atoms with E-state index in [1.54, 1.807) is 6.92 Å². The van der Waals surface area contributed by atoms with Gasteiger partial charge in [-0.15, -0.1) is 0 Å². The standard InChI is InChI=1S/C10H18O5/c1-4-7(2)14-10(13)5-9(6-11)15-8(3)12/h7,9,11H,4-6H2,1-3H3. The molecule has 0 aliphatic carbocycles. The lowest BCUT2D eigenvalue weighted by molar-refractivity contribution is -0.158. The summed E-state index contributed by atoms with van der Waals surface area (Å²) in [6, 6.07) is 0. The van der Waals surface area contributed by atoms with Crippen molar-refractivity contribution >= 4 is 11.9 Å². The van der Waals surface area contributed by atoms with Gasteiger partial charge in [-0.3, -0.25) is 9.59 Å². The Labute approximate surface area is 89.4 Å². The maximum absolute atomic E-state index is 11.2. The molecule has 0 aromatic heterocycles. The van der Waals surface area contributed by atoms with Crippen LogP contribution in [0.1, 0.15) is 33.6 Å². The lowest BCUT2D eigenvalue weighted by Crippen LogP contribution is -2.26. The maximum atomic E-state index is 11.2. The number of aliphatic hydroxyl groups excluding tert-OH is 1. The molecule has 0 spiro atoms. The predicted octanol–water partition coefficient (Wildman–Crippen LogP) is 0.642. The lowest BCUT2D eigenvalue weighted by atomic mass is 10.2. The minimum absolute atomic E-state index is 0.111. The van der Waals surface area contributed by atoms with Crippen LogP contribution >= 0.6 is 0 Å². The minimum Gasteiger partial charge on any atom is -0.463 e. The highest BCUT2D eigenvalue weighted by molar-refractivity contribution is 5.71. The monoisotopic (exact) mass is 218 g/mol. The van der Waals surface area contributed by atoms with E-state index in [2.05, 4.69) is 0 Å². The number of carbonyl (C=O) groups is 2. The van der Waals surface area contributed by atoms with Gasteiger partial charge in [0.1, 0.15) is 6.10 Å². The van der Waals surface area contributed by atoms with E-state index in [0.717, 1.165) is 6.42 Å². The van der Waals surface area contributed by atoms with Crippen molar-refractivity contribution in [2.75, 3.05) is 6.61 Å². The smallest absolute Gasteiger partial charge is 0.309 e. The summed E-state index contributed by atoms with van der Waals surface area (Å²) in [6.07, 6.45) is -0.350. The number of hydrogen-bond acceptors (Lipinski definition) is 5.